The van der Waals surface area contributed by atoms with Gasteiger partial charge >= 0.3 is 0 Å². The van der Waals surface area contributed by atoms with Crippen LogP contribution in [0.25, 0.3) is 0 Å². The first-order chi connectivity index (χ1) is 5.37. The molecule has 0 saturated heterocycles. The van der Waals surface area contributed by atoms with Crippen molar-refractivity contribution >= 4 is 0 Å². The highest BCUT2D eigenvalue weighted by Crippen LogP contribution is 2.28. The van der Waals surface area contributed by atoms with E-state index >= 15 is 0 Å². The van der Waals surface area contributed by atoms with Crippen LogP contribution in [-0.2, 0) is 0 Å². The van der Waals surface area contributed by atoms with Gasteiger partial charge in [-0.2, -0.15) is 0 Å². The standard InChI is InChI=1S/C11H25N/c1-9(2)10(8-12-6)7-11(3,4)5/h9-10,12H,7-8H2,1-6H3. The lowest BCUT2D eigenvalue weighted by Crippen LogP contribution is -2.27. The summed E-state index contributed by atoms with van der Waals surface area (Å²) in [6.45, 7) is 12.7. The second-order valence-electron chi connectivity index (χ2n) is 5.33. The fourth-order valence-electron chi connectivity index (χ4n) is 1.59. The Morgan fingerprint density at radius 1 is 1.17 bits per heavy atom. The molecule has 74 valence electrons. The number of nitrogens with one attached hydrogen (secondary N) is 1. The predicted octanol–water partition coefficient (Wildman–Crippen LogP) is 2.91. The van der Waals surface area contributed by atoms with E-state index in [0.717, 1.165) is 18.4 Å². The van der Waals surface area contributed by atoms with E-state index in [4.69, 9.17) is 0 Å². The summed E-state index contributed by atoms with van der Waals surface area (Å²) in [5.74, 6) is 1.60. The van der Waals surface area contributed by atoms with Crippen LogP contribution in [0.5, 0.6) is 0 Å². The summed E-state index contributed by atoms with van der Waals surface area (Å²) in [6, 6.07) is 0. The Morgan fingerprint density at radius 2 is 1.67 bits per heavy atom. The van der Waals surface area contributed by atoms with Crippen molar-refractivity contribution in [3.63, 3.8) is 0 Å². The Kier molecular flexibility index (Phi) is 4.84. The van der Waals surface area contributed by atoms with E-state index in [1.54, 1.807) is 0 Å². The molecule has 0 aliphatic carbocycles. The maximum atomic E-state index is 3.27. The molecule has 0 aliphatic heterocycles. The van der Waals surface area contributed by atoms with Crippen LogP contribution in [0.1, 0.15) is 41.0 Å². The Hall–Kier alpha value is -0.0400. The Morgan fingerprint density at radius 3 is 1.92 bits per heavy atom. The first kappa shape index (κ1) is 12.0. The van der Waals surface area contributed by atoms with Gasteiger partial charge in [0, 0.05) is 0 Å². The molecule has 0 heterocycles. The minimum absolute atomic E-state index is 0.464. The van der Waals surface area contributed by atoms with Crippen LogP contribution in [0.3, 0.4) is 0 Å². The van der Waals surface area contributed by atoms with Gasteiger partial charge in [0.2, 0.25) is 0 Å². The fourth-order valence-corrected chi connectivity index (χ4v) is 1.59. The summed E-state index contributed by atoms with van der Waals surface area (Å²) < 4.78 is 0. The first-order valence-corrected chi connectivity index (χ1v) is 5.01. The third-order valence-corrected chi connectivity index (χ3v) is 2.28. The molecule has 0 aromatic heterocycles. The molecular weight excluding hydrogens is 146 g/mol. The predicted molar refractivity (Wildman–Crippen MR) is 56.3 cm³/mol. The van der Waals surface area contributed by atoms with E-state index < -0.39 is 0 Å². The van der Waals surface area contributed by atoms with Crippen molar-refractivity contribution in [2.24, 2.45) is 17.3 Å². The van der Waals surface area contributed by atoms with Crippen molar-refractivity contribution < 1.29 is 0 Å². The van der Waals surface area contributed by atoms with Crippen LogP contribution in [0.2, 0.25) is 0 Å². The molecule has 0 bridgehead atoms. The lowest BCUT2D eigenvalue weighted by molar-refractivity contribution is 0.239. The average Bonchev–Trinajstić information content (AvgIpc) is 1.83. The van der Waals surface area contributed by atoms with Crippen molar-refractivity contribution in [1.29, 1.82) is 0 Å². The van der Waals surface area contributed by atoms with E-state index in [1.807, 2.05) is 7.05 Å². The van der Waals surface area contributed by atoms with Crippen LogP contribution in [0, 0.1) is 17.3 Å². The molecule has 0 aliphatic rings. The van der Waals surface area contributed by atoms with Gasteiger partial charge in [-0.3, -0.25) is 0 Å². The summed E-state index contributed by atoms with van der Waals surface area (Å²) in [5.41, 5.74) is 0.464. The molecule has 0 spiro atoms. The summed E-state index contributed by atoms with van der Waals surface area (Å²) in [6.07, 6.45) is 1.31. The molecule has 12 heavy (non-hydrogen) atoms. The zero-order valence-electron chi connectivity index (χ0n) is 9.57. The normalized spacial score (nSPS) is 15.2. The molecule has 1 unspecified atom stereocenters. The van der Waals surface area contributed by atoms with Crippen molar-refractivity contribution in [2.45, 2.75) is 41.0 Å². The van der Waals surface area contributed by atoms with Gasteiger partial charge < -0.3 is 5.32 Å². The lowest BCUT2D eigenvalue weighted by Gasteiger charge is -2.28. The third-order valence-electron chi connectivity index (χ3n) is 2.28. The average molecular weight is 171 g/mol. The summed E-state index contributed by atoms with van der Waals surface area (Å²) >= 11 is 0. The summed E-state index contributed by atoms with van der Waals surface area (Å²) in [4.78, 5) is 0. The van der Waals surface area contributed by atoms with Crippen LogP contribution in [0.15, 0.2) is 0 Å². The highest BCUT2D eigenvalue weighted by molar-refractivity contribution is 4.72. The molecule has 0 saturated carbocycles. The molecule has 1 nitrogen and oxygen atoms in total. The van der Waals surface area contributed by atoms with Crippen LogP contribution < -0.4 is 5.32 Å². The largest absolute Gasteiger partial charge is 0.319 e. The van der Waals surface area contributed by atoms with E-state index in [0.29, 0.717) is 5.41 Å². The zero-order valence-corrected chi connectivity index (χ0v) is 9.57. The molecule has 0 radical (unpaired) electrons. The second kappa shape index (κ2) is 4.86. The molecule has 1 heteroatoms. The minimum Gasteiger partial charge on any atom is -0.319 e. The van der Waals surface area contributed by atoms with E-state index in [-0.39, 0.29) is 0 Å². The molecule has 0 rings (SSSR count). The van der Waals surface area contributed by atoms with Crippen molar-refractivity contribution in [3.05, 3.63) is 0 Å². The van der Waals surface area contributed by atoms with Gasteiger partial charge in [-0.15, -0.1) is 0 Å². The maximum absolute atomic E-state index is 3.27. The van der Waals surface area contributed by atoms with Gasteiger partial charge in [-0.05, 0) is 37.3 Å². The van der Waals surface area contributed by atoms with Crippen molar-refractivity contribution in [2.75, 3.05) is 13.6 Å². The number of rotatable bonds is 4. The topological polar surface area (TPSA) is 12.0 Å². The summed E-state index contributed by atoms with van der Waals surface area (Å²) in [5, 5.41) is 3.27. The Labute approximate surface area is 77.9 Å². The SMILES string of the molecule is CNCC(CC(C)(C)C)C(C)C. The fraction of sp³-hybridized carbons (Fsp3) is 1.00. The molecular formula is C11H25N. The van der Waals surface area contributed by atoms with E-state index in [1.165, 1.54) is 6.42 Å². The van der Waals surface area contributed by atoms with Gasteiger partial charge in [-0.1, -0.05) is 34.6 Å². The molecule has 1 atom stereocenters. The van der Waals surface area contributed by atoms with Crippen molar-refractivity contribution in [1.82, 2.24) is 5.32 Å². The molecule has 0 aromatic rings. The van der Waals surface area contributed by atoms with Crippen molar-refractivity contribution in [3.8, 4) is 0 Å². The first-order valence-electron chi connectivity index (χ1n) is 5.01. The highest BCUT2D eigenvalue weighted by Gasteiger charge is 2.20. The smallest absolute Gasteiger partial charge is 0.00209 e. The number of hydrogen-bond donors (Lipinski definition) is 1. The molecule has 1 N–H and O–H groups in total. The molecule has 0 aromatic carbocycles. The van der Waals surface area contributed by atoms with Gasteiger partial charge in [0.1, 0.15) is 0 Å². The van der Waals surface area contributed by atoms with Gasteiger partial charge in [0.05, 0.1) is 0 Å². The third kappa shape index (κ3) is 5.59. The number of hydrogen-bond acceptors (Lipinski definition) is 1. The van der Waals surface area contributed by atoms with Crippen LogP contribution >= 0.6 is 0 Å². The van der Waals surface area contributed by atoms with Crippen LogP contribution in [-0.4, -0.2) is 13.6 Å². The van der Waals surface area contributed by atoms with Gasteiger partial charge in [0.25, 0.3) is 0 Å². The molecule has 0 amide bonds. The minimum atomic E-state index is 0.464. The maximum Gasteiger partial charge on any atom is -0.00209 e. The summed E-state index contributed by atoms with van der Waals surface area (Å²) in [7, 11) is 2.04. The Bertz CT molecular complexity index is 111. The van der Waals surface area contributed by atoms with E-state index in [9.17, 15) is 0 Å². The Balaban J connectivity index is 3.95. The zero-order chi connectivity index (χ0) is 9.78. The quantitative estimate of drug-likeness (QED) is 0.686. The van der Waals surface area contributed by atoms with Crippen LogP contribution in [0.4, 0.5) is 0 Å². The van der Waals surface area contributed by atoms with E-state index in [2.05, 4.69) is 39.9 Å². The monoisotopic (exact) mass is 171 g/mol. The van der Waals surface area contributed by atoms with Gasteiger partial charge in [0.15, 0.2) is 0 Å². The molecule has 0 fully saturated rings. The second-order valence-corrected chi connectivity index (χ2v) is 5.33. The van der Waals surface area contributed by atoms with Gasteiger partial charge in [-0.25, -0.2) is 0 Å². The lowest BCUT2D eigenvalue weighted by atomic mass is 9.80. The highest BCUT2D eigenvalue weighted by atomic mass is 14.8.